The van der Waals surface area contributed by atoms with Crippen LogP contribution in [0.5, 0.6) is 0 Å². The van der Waals surface area contributed by atoms with Gasteiger partial charge in [0, 0.05) is 12.6 Å². The predicted octanol–water partition coefficient (Wildman–Crippen LogP) is 4.72. The highest BCUT2D eigenvalue weighted by molar-refractivity contribution is 5.28. The first-order valence-corrected chi connectivity index (χ1v) is 7.61. The van der Waals surface area contributed by atoms with Crippen LogP contribution in [0.1, 0.15) is 54.0 Å². The zero-order valence-electron chi connectivity index (χ0n) is 12.4. The van der Waals surface area contributed by atoms with Crippen LogP contribution >= 0.6 is 0 Å². The van der Waals surface area contributed by atoms with Gasteiger partial charge >= 0.3 is 0 Å². The van der Waals surface area contributed by atoms with Crippen molar-refractivity contribution in [1.82, 2.24) is 5.32 Å². The molecule has 3 rings (SSSR count). The zero-order valence-corrected chi connectivity index (χ0v) is 12.4. The average Bonchev–Trinajstić information content (AvgIpc) is 3.31. The van der Waals surface area contributed by atoms with E-state index in [2.05, 4.69) is 67.7 Å². The van der Waals surface area contributed by atoms with E-state index in [1.807, 2.05) is 0 Å². The van der Waals surface area contributed by atoms with Crippen LogP contribution in [0, 0.1) is 6.92 Å². The van der Waals surface area contributed by atoms with Gasteiger partial charge in [0.05, 0.1) is 0 Å². The maximum Gasteiger partial charge on any atom is 0.0294 e. The van der Waals surface area contributed by atoms with Crippen LogP contribution in [-0.4, -0.2) is 0 Å². The van der Waals surface area contributed by atoms with Crippen molar-refractivity contribution < 1.29 is 0 Å². The molecule has 104 valence electrons. The summed E-state index contributed by atoms with van der Waals surface area (Å²) in [5, 5.41) is 3.60. The van der Waals surface area contributed by atoms with Crippen molar-refractivity contribution in [2.45, 2.75) is 45.2 Å². The van der Waals surface area contributed by atoms with Gasteiger partial charge in [-0.15, -0.1) is 0 Å². The molecule has 0 heterocycles. The Morgan fingerprint density at radius 3 is 2.25 bits per heavy atom. The minimum Gasteiger partial charge on any atom is -0.306 e. The number of rotatable bonds is 5. The van der Waals surface area contributed by atoms with Gasteiger partial charge in [0.15, 0.2) is 0 Å². The molecule has 1 heteroatoms. The maximum atomic E-state index is 3.60. The van der Waals surface area contributed by atoms with Gasteiger partial charge in [-0.3, -0.25) is 0 Å². The van der Waals surface area contributed by atoms with Gasteiger partial charge in [0.2, 0.25) is 0 Å². The standard InChI is InChI=1S/C19H23N/c1-14-3-7-17(8-4-14)15(2)20-13-16-5-9-18(10-6-16)19-11-12-19/h3-10,15,19-20H,11-13H2,1-2H3/t15-/m1/s1. The molecule has 0 saturated heterocycles. The molecule has 2 aromatic carbocycles. The van der Waals surface area contributed by atoms with Gasteiger partial charge in [-0.05, 0) is 49.3 Å². The van der Waals surface area contributed by atoms with Crippen molar-refractivity contribution in [2.75, 3.05) is 0 Å². The third-order valence-electron chi connectivity index (χ3n) is 4.22. The van der Waals surface area contributed by atoms with Crippen LogP contribution in [0.15, 0.2) is 48.5 Å². The Labute approximate surface area is 122 Å². The van der Waals surface area contributed by atoms with E-state index in [1.54, 1.807) is 0 Å². The lowest BCUT2D eigenvalue weighted by molar-refractivity contribution is 0.574. The lowest BCUT2D eigenvalue weighted by atomic mass is 10.1. The molecule has 0 spiro atoms. The van der Waals surface area contributed by atoms with Crippen molar-refractivity contribution in [3.05, 3.63) is 70.8 Å². The summed E-state index contributed by atoms with van der Waals surface area (Å²) in [6.45, 7) is 5.28. The first-order chi connectivity index (χ1) is 9.72. The smallest absolute Gasteiger partial charge is 0.0294 e. The van der Waals surface area contributed by atoms with Crippen LogP contribution in [-0.2, 0) is 6.54 Å². The van der Waals surface area contributed by atoms with Crippen LogP contribution in [0.3, 0.4) is 0 Å². The van der Waals surface area contributed by atoms with Gasteiger partial charge < -0.3 is 5.32 Å². The van der Waals surface area contributed by atoms with Crippen LogP contribution in [0.25, 0.3) is 0 Å². The van der Waals surface area contributed by atoms with E-state index in [0.29, 0.717) is 6.04 Å². The molecule has 0 bridgehead atoms. The summed E-state index contributed by atoms with van der Waals surface area (Å²) in [7, 11) is 0. The second kappa shape index (κ2) is 5.80. The fraction of sp³-hybridized carbons (Fsp3) is 0.368. The molecule has 2 aromatic rings. The number of hydrogen-bond donors (Lipinski definition) is 1. The van der Waals surface area contributed by atoms with E-state index in [-0.39, 0.29) is 0 Å². The Bertz CT molecular complexity index is 549. The van der Waals surface area contributed by atoms with E-state index in [9.17, 15) is 0 Å². The van der Waals surface area contributed by atoms with Crippen LogP contribution in [0.2, 0.25) is 0 Å². The van der Waals surface area contributed by atoms with Crippen molar-refractivity contribution in [3.8, 4) is 0 Å². The van der Waals surface area contributed by atoms with Crippen LogP contribution in [0.4, 0.5) is 0 Å². The summed E-state index contributed by atoms with van der Waals surface area (Å²) in [5.74, 6) is 0.850. The van der Waals surface area contributed by atoms with E-state index in [4.69, 9.17) is 0 Å². The highest BCUT2D eigenvalue weighted by atomic mass is 14.9. The largest absolute Gasteiger partial charge is 0.306 e. The number of benzene rings is 2. The highest BCUT2D eigenvalue weighted by Crippen LogP contribution is 2.39. The van der Waals surface area contributed by atoms with E-state index in [0.717, 1.165) is 12.5 Å². The monoisotopic (exact) mass is 265 g/mol. The topological polar surface area (TPSA) is 12.0 Å². The van der Waals surface area contributed by atoms with Crippen molar-refractivity contribution in [3.63, 3.8) is 0 Å². The molecule has 1 aliphatic carbocycles. The molecule has 0 unspecified atom stereocenters. The van der Waals surface area contributed by atoms with E-state index < -0.39 is 0 Å². The van der Waals surface area contributed by atoms with Gasteiger partial charge in [0.25, 0.3) is 0 Å². The molecule has 1 nitrogen and oxygen atoms in total. The molecule has 20 heavy (non-hydrogen) atoms. The molecular weight excluding hydrogens is 242 g/mol. The molecule has 1 atom stereocenters. The highest BCUT2D eigenvalue weighted by Gasteiger charge is 2.22. The lowest BCUT2D eigenvalue weighted by Crippen LogP contribution is -2.18. The molecule has 1 aliphatic rings. The molecule has 0 aliphatic heterocycles. The number of aryl methyl sites for hydroxylation is 1. The first-order valence-electron chi connectivity index (χ1n) is 7.61. The predicted molar refractivity (Wildman–Crippen MR) is 84.9 cm³/mol. The van der Waals surface area contributed by atoms with Crippen molar-refractivity contribution in [2.24, 2.45) is 0 Å². The summed E-state index contributed by atoms with van der Waals surface area (Å²) in [6, 6.07) is 18.3. The molecule has 1 fully saturated rings. The molecule has 1 N–H and O–H groups in total. The molecule has 0 amide bonds. The summed E-state index contributed by atoms with van der Waals surface area (Å²) >= 11 is 0. The summed E-state index contributed by atoms with van der Waals surface area (Å²) in [6.07, 6.45) is 2.75. The van der Waals surface area contributed by atoms with E-state index in [1.165, 1.54) is 35.1 Å². The second-order valence-corrected chi connectivity index (χ2v) is 6.03. The zero-order chi connectivity index (χ0) is 13.9. The molecule has 0 radical (unpaired) electrons. The maximum absolute atomic E-state index is 3.60. The van der Waals surface area contributed by atoms with Gasteiger partial charge in [-0.1, -0.05) is 54.1 Å². The van der Waals surface area contributed by atoms with Gasteiger partial charge in [0.1, 0.15) is 0 Å². The Balaban J connectivity index is 1.56. The lowest BCUT2D eigenvalue weighted by Gasteiger charge is -2.15. The normalized spacial score (nSPS) is 16.1. The Morgan fingerprint density at radius 2 is 1.65 bits per heavy atom. The summed E-state index contributed by atoms with van der Waals surface area (Å²) in [4.78, 5) is 0. The molecule has 0 aromatic heterocycles. The first kappa shape index (κ1) is 13.4. The van der Waals surface area contributed by atoms with Crippen molar-refractivity contribution >= 4 is 0 Å². The third kappa shape index (κ3) is 3.29. The Morgan fingerprint density at radius 1 is 1.00 bits per heavy atom. The van der Waals surface area contributed by atoms with Gasteiger partial charge in [-0.25, -0.2) is 0 Å². The van der Waals surface area contributed by atoms with E-state index >= 15 is 0 Å². The summed E-state index contributed by atoms with van der Waals surface area (Å²) < 4.78 is 0. The quantitative estimate of drug-likeness (QED) is 0.824. The second-order valence-electron chi connectivity index (χ2n) is 6.03. The van der Waals surface area contributed by atoms with Gasteiger partial charge in [-0.2, -0.15) is 0 Å². The Kier molecular flexibility index (Phi) is 3.88. The molecule has 1 saturated carbocycles. The fourth-order valence-electron chi connectivity index (χ4n) is 2.57. The van der Waals surface area contributed by atoms with Crippen LogP contribution < -0.4 is 5.32 Å². The third-order valence-corrected chi connectivity index (χ3v) is 4.22. The minimum atomic E-state index is 0.388. The minimum absolute atomic E-state index is 0.388. The number of hydrogen-bond acceptors (Lipinski definition) is 1. The number of nitrogens with one attached hydrogen (secondary N) is 1. The summed E-state index contributed by atoms with van der Waals surface area (Å²) in [5.41, 5.74) is 5.55. The molecular formula is C19H23N. The fourth-order valence-corrected chi connectivity index (χ4v) is 2.57. The average molecular weight is 265 g/mol. The van der Waals surface area contributed by atoms with Crippen molar-refractivity contribution in [1.29, 1.82) is 0 Å². The SMILES string of the molecule is Cc1ccc([C@@H](C)NCc2ccc(C3CC3)cc2)cc1. The Hall–Kier alpha value is -1.60.